The molecular weight excluding hydrogens is 328 g/mol. The van der Waals surface area contributed by atoms with Crippen LogP contribution in [0.3, 0.4) is 0 Å². The number of ether oxygens (including phenoxy) is 1. The first kappa shape index (κ1) is 14.3. The van der Waals surface area contributed by atoms with Crippen LogP contribution in [0.15, 0.2) is 28.9 Å². The summed E-state index contributed by atoms with van der Waals surface area (Å²) < 4.78 is 6.00. The lowest BCUT2D eigenvalue weighted by atomic mass is 10.1. The van der Waals surface area contributed by atoms with Gasteiger partial charge in [-0.2, -0.15) is 0 Å². The lowest BCUT2D eigenvalue weighted by molar-refractivity contribution is 0.415. The van der Waals surface area contributed by atoms with E-state index in [9.17, 15) is 0 Å². The molecule has 2 aromatic rings. The minimum Gasteiger partial charge on any atom is -0.495 e. The lowest BCUT2D eigenvalue weighted by Crippen LogP contribution is -1.99. The number of benzene rings is 1. The van der Waals surface area contributed by atoms with E-state index in [1.807, 2.05) is 18.2 Å². The molecule has 0 saturated heterocycles. The minimum absolute atomic E-state index is 0.269. The SMILES string of the molecule is COc1cc(-c2cc(Br)nc(C(C)C)n2)ccc1Cl. The van der Waals surface area contributed by atoms with Crippen LogP contribution in [0.2, 0.25) is 5.02 Å². The zero-order chi connectivity index (χ0) is 14.0. The molecule has 0 fully saturated rings. The second-order valence-corrected chi connectivity index (χ2v) is 5.66. The Hall–Kier alpha value is -1.13. The second kappa shape index (κ2) is 5.88. The third-order valence-corrected chi connectivity index (χ3v) is 3.39. The van der Waals surface area contributed by atoms with Crippen LogP contribution in [0.5, 0.6) is 5.75 Å². The van der Waals surface area contributed by atoms with Crippen LogP contribution in [0.4, 0.5) is 0 Å². The van der Waals surface area contributed by atoms with Crippen LogP contribution in [-0.4, -0.2) is 17.1 Å². The van der Waals surface area contributed by atoms with Crippen molar-refractivity contribution in [2.45, 2.75) is 19.8 Å². The molecule has 19 heavy (non-hydrogen) atoms. The number of rotatable bonds is 3. The number of aromatic nitrogens is 2. The summed E-state index contributed by atoms with van der Waals surface area (Å²) in [5.74, 6) is 1.71. The Balaban J connectivity index is 2.52. The van der Waals surface area contributed by atoms with Gasteiger partial charge < -0.3 is 4.74 Å². The molecule has 0 aliphatic heterocycles. The lowest BCUT2D eigenvalue weighted by Gasteiger charge is -2.09. The van der Waals surface area contributed by atoms with Gasteiger partial charge in [-0.25, -0.2) is 9.97 Å². The minimum atomic E-state index is 0.269. The molecule has 1 heterocycles. The van der Waals surface area contributed by atoms with Crippen molar-refractivity contribution < 1.29 is 4.74 Å². The molecule has 5 heteroatoms. The third kappa shape index (κ3) is 3.25. The highest BCUT2D eigenvalue weighted by molar-refractivity contribution is 9.10. The average Bonchev–Trinajstić information content (AvgIpc) is 2.38. The van der Waals surface area contributed by atoms with Crippen molar-refractivity contribution in [1.29, 1.82) is 0 Å². The van der Waals surface area contributed by atoms with Gasteiger partial charge in [-0.15, -0.1) is 0 Å². The van der Waals surface area contributed by atoms with Crippen molar-refractivity contribution in [3.63, 3.8) is 0 Å². The molecule has 100 valence electrons. The molecule has 0 amide bonds. The number of methoxy groups -OCH3 is 1. The van der Waals surface area contributed by atoms with Crippen molar-refractivity contribution in [2.75, 3.05) is 7.11 Å². The highest BCUT2D eigenvalue weighted by Crippen LogP contribution is 2.30. The highest BCUT2D eigenvalue weighted by atomic mass is 79.9. The standard InChI is InChI=1S/C14H14BrClN2O/c1-8(2)14-17-11(7-13(15)18-14)9-4-5-10(16)12(6-9)19-3/h4-8H,1-3H3. The van der Waals surface area contributed by atoms with Gasteiger partial charge in [-0.1, -0.05) is 31.5 Å². The van der Waals surface area contributed by atoms with Crippen LogP contribution < -0.4 is 4.74 Å². The van der Waals surface area contributed by atoms with Gasteiger partial charge in [-0.3, -0.25) is 0 Å². The molecule has 2 rings (SSSR count). The Morgan fingerprint density at radius 1 is 1.21 bits per heavy atom. The summed E-state index contributed by atoms with van der Waals surface area (Å²) in [6.45, 7) is 4.13. The molecule has 1 aromatic carbocycles. The highest BCUT2D eigenvalue weighted by Gasteiger charge is 2.10. The van der Waals surface area contributed by atoms with Gasteiger partial charge in [-0.05, 0) is 34.1 Å². The first-order valence-electron chi connectivity index (χ1n) is 5.89. The average molecular weight is 342 g/mol. The van der Waals surface area contributed by atoms with Crippen LogP contribution in [0.25, 0.3) is 11.3 Å². The van der Waals surface area contributed by atoms with Crippen molar-refractivity contribution in [3.8, 4) is 17.0 Å². The Labute approximate surface area is 126 Å². The third-order valence-electron chi connectivity index (χ3n) is 2.68. The largest absolute Gasteiger partial charge is 0.495 e. The van der Waals surface area contributed by atoms with Crippen molar-refractivity contribution >= 4 is 27.5 Å². The normalized spacial score (nSPS) is 10.8. The molecule has 0 bridgehead atoms. The van der Waals surface area contributed by atoms with Gasteiger partial charge in [0, 0.05) is 11.5 Å². The van der Waals surface area contributed by atoms with Crippen LogP contribution in [0.1, 0.15) is 25.6 Å². The Kier molecular flexibility index (Phi) is 4.42. The number of halogens is 2. The summed E-state index contributed by atoms with van der Waals surface area (Å²) in [6.07, 6.45) is 0. The quantitative estimate of drug-likeness (QED) is 0.760. The van der Waals surface area contributed by atoms with Gasteiger partial charge in [0.05, 0.1) is 17.8 Å². The van der Waals surface area contributed by atoms with Gasteiger partial charge in [0.15, 0.2) is 0 Å². The molecule has 0 unspecified atom stereocenters. The zero-order valence-electron chi connectivity index (χ0n) is 10.9. The van der Waals surface area contributed by atoms with E-state index in [-0.39, 0.29) is 5.92 Å². The molecule has 0 radical (unpaired) electrons. The first-order valence-corrected chi connectivity index (χ1v) is 7.06. The molecule has 0 N–H and O–H groups in total. The van der Waals surface area contributed by atoms with Gasteiger partial charge >= 0.3 is 0 Å². The fourth-order valence-electron chi connectivity index (χ4n) is 1.66. The van der Waals surface area contributed by atoms with Crippen molar-refractivity contribution in [3.05, 3.63) is 39.7 Å². The fourth-order valence-corrected chi connectivity index (χ4v) is 2.25. The molecule has 3 nitrogen and oxygen atoms in total. The predicted molar refractivity (Wildman–Crippen MR) is 80.8 cm³/mol. The second-order valence-electron chi connectivity index (χ2n) is 4.44. The predicted octanol–water partition coefficient (Wildman–Crippen LogP) is 4.69. The van der Waals surface area contributed by atoms with E-state index in [4.69, 9.17) is 16.3 Å². The molecule has 0 saturated carbocycles. The molecule has 1 aromatic heterocycles. The van der Waals surface area contributed by atoms with Crippen molar-refractivity contribution in [2.24, 2.45) is 0 Å². The maximum atomic E-state index is 6.03. The van der Waals surface area contributed by atoms with E-state index >= 15 is 0 Å². The topological polar surface area (TPSA) is 35.0 Å². The van der Waals surface area contributed by atoms with Crippen LogP contribution in [-0.2, 0) is 0 Å². The zero-order valence-corrected chi connectivity index (χ0v) is 13.3. The molecule has 0 atom stereocenters. The van der Waals surface area contributed by atoms with Crippen LogP contribution >= 0.6 is 27.5 Å². The first-order chi connectivity index (χ1) is 9.01. The summed E-state index contributed by atoms with van der Waals surface area (Å²) in [5, 5.41) is 0.587. The summed E-state index contributed by atoms with van der Waals surface area (Å²) in [6, 6.07) is 7.49. The van der Waals surface area contributed by atoms with E-state index in [0.717, 1.165) is 21.7 Å². The number of hydrogen-bond donors (Lipinski definition) is 0. The maximum absolute atomic E-state index is 6.03. The van der Waals surface area contributed by atoms with Crippen molar-refractivity contribution in [1.82, 2.24) is 9.97 Å². The summed E-state index contributed by atoms with van der Waals surface area (Å²) in [7, 11) is 1.60. The Morgan fingerprint density at radius 3 is 2.58 bits per heavy atom. The Bertz CT molecular complexity index is 602. The molecule has 0 aliphatic carbocycles. The van der Waals surface area contributed by atoms with Gasteiger partial charge in [0.1, 0.15) is 16.2 Å². The maximum Gasteiger partial charge on any atom is 0.138 e. The van der Waals surface area contributed by atoms with E-state index in [0.29, 0.717) is 10.8 Å². The van der Waals surface area contributed by atoms with Crippen LogP contribution in [0, 0.1) is 0 Å². The monoisotopic (exact) mass is 340 g/mol. The molecule has 0 spiro atoms. The Morgan fingerprint density at radius 2 is 1.95 bits per heavy atom. The van der Waals surface area contributed by atoms with Gasteiger partial charge in [0.2, 0.25) is 0 Å². The fraction of sp³-hybridized carbons (Fsp3) is 0.286. The number of nitrogens with zero attached hydrogens (tertiary/aromatic N) is 2. The van der Waals surface area contributed by atoms with E-state index in [2.05, 4.69) is 39.7 Å². The molecular formula is C14H14BrClN2O. The van der Waals surface area contributed by atoms with E-state index in [1.165, 1.54) is 0 Å². The molecule has 0 aliphatic rings. The summed E-state index contributed by atoms with van der Waals surface area (Å²) in [4.78, 5) is 8.94. The van der Waals surface area contributed by atoms with E-state index < -0.39 is 0 Å². The summed E-state index contributed by atoms with van der Waals surface area (Å²) >= 11 is 9.45. The van der Waals surface area contributed by atoms with Gasteiger partial charge in [0.25, 0.3) is 0 Å². The number of hydrogen-bond acceptors (Lipinski definition) is 3. The summed E-state index contributed by atoms with van der Waals surface area (Å²) in [5.41, 5.74) is 1.80. The van der Waals surface area contributed by atoms with E-state index in [1.54, 1.807) is 13.2 Å². The smallest absolute Gasteiger partial charge is 0.138 e.